The molecule has 1 aromatic rings. The molecular formula is C20H30N2O2. The van der Waals surface area contributed by atoms with Gasteiger partial charge in [0.2, 0.25) is 5.91 Å². The van der Waals surface area contributed by atoms with E-state index in [1.54, 1.807) is 0 Å². The lowest BCUT2D eigenvalue weighted by Gasteiger charge is -2.32. The Bertz CT molecular complexity index is 564. The van der Waals surface area contributed by atoms with E-state index in [4.69, 9.17) is 0 Å². The number of hydrogen-bond donors (Lipinski definition) is 1. The van der Waals surface area contributed by atoms with Crippen LogP contribution in [-0.2, 0) is 10.2 Å². The Morgan fingerprint density at radius 3 is 2.21 bits per heavy atom. The van der Waals surface area contributed by atoms with Crippen LogP contribution >= 0.6 is 0 Å². The first-order valence-electron chi connectivity index (χ1n) is 9.00. The molecule has 0 spiro atoms. The van der Waals surface area contributed by atoms with E-state index in [-0.39, 0.29) is 23.3 Å². The minimum absolute atomic E-state index is 0.0196. The molecule has 1 N–H and O–H groups in total. The average molecular weight is 330 g/mol. The van der Waals surface area contributed by atoms with Crippen molar-refractivity contribution in [2.24, 2.45) is 0 Å². The summed E-state index contributed by atoms with van der Waals surface area (Å²) in [4.78, 5) is 26.2. The highest BCUT2D eigenvalue weighted by molar-refractivity contribution is 5.94. The molecule has 1 heterocycles. The van der Waals surface area contributed by atoms with Crippen molar-refractivity contribution in [3.63, 3.8) is 0 Å². The maximum absolute atomic E-state index is 12.4. The van der Waals surface area contributed by atoms with E-state index >= 15 is 0 Å². The van der Waals surface area contributed by atoms with E-state index in [9.17, 15) is 9.59 Å². The monoisotopic (exact) mass is 330 g/mol. The van der Waals surface area contributed by atoms with Crippen LogP contribution in [0.2, 0.25) is 0 Å². The van der Waals surface area contributed by atoms with E-state index in [2.05, 4.69) is 26.1 Å². The van der Waals surface area contributed by atoms with Crippen LogP contribution in [0, 0.1) is 0 Å². The average Bonchev–Trinajstić information content (AvgIpc) is 2.55. The molecule has 0 atom stereocenters. The first kappa shape index (κ1) is 18.5. The van der Waals surface area contributed by atoms with Gasteiger partial charge in [0.05, 0.1) is 0 Å². The third kappa shape index (κ3) is 4.83. The fourth-order valence-electron chi connectivity index (χ4n) is 3.04. The molecular weight excluding hydrogens is 300 g/mol. The highest BCUT2D eigenvalue weighted by Gasteiger charge is 2.23. The zero-order valence-corrected chi connectivity index (χ0v) is 15.4. The van der Waals surface area contributed by atoms with E-state index in [0.29, 0.717) is 12.0 Å². The number of carbonyl (C=O) groups excluding carboxylic acids is 2. The lowest BCUT2D eigenvalue weighted by molar-refractivity contribution is -0.132. The SMILES string of the molecule is CCCC(=O)N1CCC(NC(=O)c2ccc(C(C)(C)C)cc2)CC1. The van der Waals surface area contributed by atoms with Crippen molar-refractivity contribution in [2.75, 3.05) is 13.1 Å². The van der Waals surface area contributed by atoms with Gasteiger partial charge in [0.25, 0.3) is 5.91 Å². The summed E-state index contributed by atoms with van der Waals surface area (Å²) in [5.41, 5.74) is 2.02. The molecule has 1 fully saturated rings. The molecule has 0 unspecified atom stereocenters. The van der Waals surface area contributed by atoms with Crippen LogP contribution in [0.25, 0.3) is 0 Å². The Hall–Kier alpha value is -1.84. The van der Waals surface area contributed by atoms with Crippen molar-refractivity contribution >= 4 is 11.8 Å². The minimum atomic E-state index is -0.0196. The number of rotatable bonds is 4. The van der Waals surface area contributed by atoms with E-state index < -0.39 is 0 Å². The van der Waals surface area contributed by atoms with Crippen molar-refractivity contribution in [3.8, 4) is 0 Å². The summed E-state index contributed by atoms with van der Waals surface area (Å²) in [5, 5.41) is 3.11. The summed E-state index contributed by atoms with van der Waals surface area (Å²) >= 11 is 0. The summed E-state index contributed by atoms with van der Waals surface area (Å²) in [6.07, 6.45) is 3.18. The van der Waals surface area contributed by atoms with Gasteiger partial charge >= 0.3 is 0 Å². The molecule has 1 saturated heterocycles. The lowest BCUT2D eigenvalue weighted by Crippen LogP contribution is -2.46. The van der Waals surface area contributed by atoms with Gasteiger partial charge in [-0.25, -0.2) is 0 Å². The van der Waals surface area contributed by atoms with Crippen LogP contribution in [0.4, 0.5) is 0 Å². The summed E-state index contributed by atoms with van der Waals surface area (Å²) in [7, 11) is 0. The summed E-state index contributed by atoms with van der Waals surface area (Å²) < 4.78 is 0. The van der Waals surface area contributed by atoms with Gasteiger partial charge in [-0.15, -0.1) is 0 Å². The number of piperidine rings is 1. The first-order chi connectivity index (χ1) is 11.3. The Labute approximate surface area is 145 Å². The minimum Gasteiger partial charge on any atom is -0.349 e. The van der Waals surface area contributed by atoms with Crippen LogP contribution in [0.3, 0.4) is 0 Å². The number of likely N-dealkylation sites (tertiary alicyclic amines) is 1. The Balaban J connectivity index is 1.86. The van der Waals surface area contributed by atoms with Crippen molar-refractivity contribution in [1.82, 2.24) is 10.2 Å². The molecule has 2 amide bonds. The molecule has 0 aliphatic carbocycles. The van der Waals surface area contributed by atoms with E-state index in [0.717, 1.165) is 32.4 Å². The van der Waals surface area contributed by atoms with Gasteiger partial charge in [-0.05, 0) is 42.4 Å². The Morgan fingerprint density at radius 2 is 1.71 bits per heavy atom. The Morgan fingerprint density at radius 1 is 1.12 bits per heavy atom. The smallest absolute Gasteiger partial charge is 0.251 e. The zero-order valence-electron chi connectivity index (χ0n) is 15.4. The van der Waals surface area contributed by atoms with Gasteiger partial charge < -0.3 is 10.2 Å². The quantitative estimate of drug-likeness (QED) is 0.918. The van der Waals surface area contributed by atoms with Crippen molar-refractivity contribution < 1.29 is 9.59 Å². The van der Waals surface area contributed by atoms with Gasteiger partial charge in [0.1, 0.15) is 0 Å². The maximum atomic E-state index is 12.4. The number of nitrogens with zero attached hydrogens (tertiary/aromatic N) is 1. The molecule has 1 aliphatic rings. The Kier molecular flexibility index (Phi) is 6.03. The molecule has 24 heavy (non-hydrogen) atoms. The number of nitrogens with one attached hydrogen (secondary N) is 1. The second-order valence-corrected chi connectivity index (χ2v) is 7.71. The summed E-state index contributed by atoms with van der Waals surface area (Å²) in [6.45, 7) is 10.00. The number of hydrogen-bond acceptors (Lipinski definition) is 2. The summed E-state index contributed by atoms with van der Waals surface area (Å²) in [5.74, 6) is 0.217. The second-order valence-electron chi connectivity index (χ2n) is 7.71. The van der Waals surface area contributed by atoms with Gasteiger partial charge in [-0.2, -0.15) is 0 Å². The molecule has 0 bridgehead atoms. The third-order valence-electron chi connectivity index (χ3n) is 4.66. The zero-order chi connectivity index (χ0) is 17.7. The fraction of sp³-hybridized carbons (Fsp3) is 0.600. The topological polar surface area (TPSA) is 49.4 Å². The normalized spacial score (nSPS) is 16.1. The van der Waals surface area contributed by atoms with Crippen molar-refractivity contribution in [3.05, 3.63) is 35.4 Å². The molecule has 2 rings (SSSR count). The van der Waals surface area contributed by atoms with E-state index in [1.165, 1.54) is 5.56 Å². The van der Waals surface area contributed by atoms with Crippen molar-refractivity contribution in [2.45, 2.75) is 64.8 Å². The molecule has 4 heteroatoms. The first-order valence-corrected chi connectivity index (χ1v) is 9.00. The van der Waals surface area contributed by atoms with Crippen LogP contribution in [0.15, 0.2) is 24.3 Å². The number of carbonyl (C=O) groups is 2. The van der Waals surface area contributed by atoms with Crippen molar-refractivity contribution in [1.29, 1.82) is 0 Å². The molecule has 0 radical (unpaired) electrons. The number of amides is 2. The van der Waals surface area contributed by atoms with Gasteiger partial charge in [-0.1, -0.05) is 39.8 Å². The number of benzene rings is 1. The highest BCUT2D eigenvalue weighted by Crippen LogP contribution is 2.22. The summed E-state index contributed by atoms with van der Waals surface area (Å²) in [6, 6.07) is 8.01. The predicted molar refractivity (Wildman–Crippen MR) is 97.1 cm³/mol. The highest BCUT2D eigenvalue weighted by atomic mass is 16.2. The largest absolute Gasteiger partial charge is 0.349 e. The van der Waals surface area contributed by atoms with Gasteiger partial charge in [-0.3, -0.25) is 9.59 Å². The van der Waals surface area contributed by atoms with Gasteiger partial charge in [0.15, 0.2) is 0 Å². The third-order valence-corrected chi connectivity index (χ3v) is 4.66. The second kappa shape index (κ2) is 7.82. The molecule has 1 aromatic carbocycles. The lowest BCUT2D eigenvalue weighted by atomic mass is 9.86. The standard InChI is InChI=1S/C20H30N2O2/c1-5-6-18(23)22-13-11-17(12-14-22)21-19(24)15-7-9-16(10-8-15)20(2,3)4/h7-10,17H,5-6,11-14H2,1-4H3,(H,21,24). The van der Waals surface area contributed by atoms with Crippen LogP contribution in [0.1, 0.15) is 69.3 Å². The van der Waals surface area contributed by atoms with E-state index in [1.807, 2.05) is 36.1 Å². The molecule has 0 saturated carbocycles. The van der Waals surface area contributed by atoms with Crippen LogP contribution in [-0.4, -0.2) is 35.8 Å². The molecule has 132 valence electrons. The fourth-order valence-corrected chi connectivity index (χ4v) is 3.04. The van der Waals surface area contributed by atoms with Crippen LogP contribution in [0.5, 0.6) is 0 Å². The van der Waals surface area contributed by atoms with Crippen LogP contribution < -0.4 is 5.32 Å². The molecule has 1 aliphatic heterocycles. The maximum Gasteiger partial charge on any atom is 0.251 e. The molecule has 0 aromatic heterocycles. The predicted octanol–water partition coefficient (Wildman–Crippen LogP) is 3.51. The molecule has 4 nitrogen and oxygen atoms in total. The van der Waals surface area contributed by atoms with Gasteiger partial charge in [0, 0.05) is 31.1 Å².